The van der Waals surface area contributed by atoms with Gasteiger partial charge in [-0.05, 0) is 12.1 Å². The van der Waals surface area contributed by atoms with Crippen LogP contribution in [-0.4, -0.2) is 10.2 Å². The summed E-state index contributed by atoms with van der Waals surface area (Å²) in [6.45, 7) is 0. The highest BCUT2D eigenvalue weighted by molar-refractivity contribution is 6.33. The van der Waals surface area contributed by atoms with E-state index in [0.29, 0.717) is 5.69 Å². The van der Waals surface area contributed by atoms with Crippen molar-refractivity contribution in [3.63, 3.8) is 0 Å². The number of terminal acetylenes is 1. The molecule has 0 aromatic heterocycles. The first-order valence-corrected chi connectivity index (χ1v) is 6.35. The molecule has 0 fully saturated rings. The quantitative estimate of drug-likeness (QED) is 0.358. The molecule has 22 heavy (non-hydrogen) atoms. The molecule has 0 atom stereocenters. The van der Waals surface area contributed by atoms with Crippen LogP contribution >= 0.6 is 23.2 Å². The zero-order valence-corrected chi connectivity index (χ0v) is 12.4. The second-order valence-electron chi connectivity index (χ2n) is 3.88. The molecule has 0 amide bonds. The number of hydrogen-bond donors (Lipinski definition) is 4. The molecule has 0 spiro atoms. The molecule has 0 aliphatic rings. The molecule has 0 aliphatic heterocycles. The summed E-state index contributed by atoms with van der Waals surface area (Å²) in [5.41, 5.74) is 5.70. The number of phenolic OH excluding ortho intramolecular Hbond substituents is 2. The second-order valence-corrected chi connectivity index (χ2v) is 4.69. The summed E-state index contributed by atoms with van der Waals surface area (Å²) in [7, 11) is 0. The van der Waals surface area contributed by atoms with Gasteiger partial charge in [-0.15, -0.1) is 0 Å². The van der Waals surface area contributed by atoms with E-state index in [9.17, 15) is 8.78 Å². The Kier molecular flexibility index (Phi) is 6.11. The molecule has 116 valence electrons. The molecule has 8 heteroatoms. The van der Waals surface area contributed by atoms with E-state index >= 15 is 0 Å². The summed E-state index contributed by atoms with van der Waals surface area (Å²) in [4.78, 5) is 0. The predicted molar refractivity (Wildman–Crippen MR) is 83.0 cm³/mol. The maximum absolute atomic E-state index is 12.6. The van der Waals surface area contributed by atoms with Crippen molar-refractivity contribution in [3.8, 4) is 24.0 Å². The Morgan fingerprint density at radius 1 is 1.00 bits per heavy atom. The van der Waals surface area contributed by atoms with Crippen molar-refractivity contribution < 1.29 is 19.0 Å². The van der Waals surface area contributed by atoms with Gasteiger partial charge >= 0.3 is 0 Å². The fraction of sp³-hybridized carbons (Fsp3) is 0. The van der Waals surface area contributed by atoms with Crippen molar-refractivity contribution in [2.45, 2.75) is 0 Å². The van der Waals surface area contributed by atoms with Gasteiger partial charge in [0.1, 0.15) is 0 Å². The number of nitrogens with one attached hydrogen (secondary N) is 1. The molecule has 2 aromatic carbocycles. The molecule has 2 aromatic rings. The van der Waals surface area contributed by atoms with Crippen molar-refractivity contribution in [2.75, 3.05) is 11.1 Å². The Hall–Kier alpha value is -2.36. The van der Waals surface area contributed by atoms with Crippen LogP contribution in [0.1, 0.15) is 0 Å². The highest BCUT2D eigenvalue weighted by atomic mass is 35.5. The highest BCUT2D eigenvalue weighted by Crippen LogP contribution is 2.28. The summed E-state index contributed by atoms with van der Waals surface area (Å²) >= 11 is 11.0. The van der Waals surface area contributed by atoms with Gasteiger partial charge in [-0.25, -0.2) is 8.78 Å². The zero-order chi connectivity index (χ0) is 16.9. The van der Waals surface area contributed by atoms with Gasteiger partial charge in [-0.2, -0.15) is 0 Å². The smallest absolute Gasteiger partial charge is 0.166 e. The number of anilines is 2. The lowest BCUT2D eigenvalue weighted by molar-refractivity contribution is 0.432. The molecule has 4 nitrogen and oxygen atoms in total. The van der Waals surface area contributed by atoms with Crippen molar-refractivity contribution >= 4 is 34.6 Å². The van der Waals surface area contributed by atoms with Gasteiger partial charge in [-0.3, -0.25) is 0 Å². The number of phenols is 2. The van der Waals surface area contributed by atoms with Crippen LogP contribution in [0.4, 0.5) is 20.2 Å². The molecule has 0 radical (unpaired) electrons. The van der Waals surface area contributed by atoms with Gasteiger partial charge in [-0.1, -0.05) is 29.6 Å². The first-order chi connectivity index (χ1) is 10.3. The summed E-state index contributed by atoms with van der Waals surface area (Å²) in [5, 5.41) is 20.3. The number of halogens is 4. The normalized spacial score (nSPS) is 9.41. The second kappa shape index (κ2) is 7.59. The Morgan fingerprint density at radius 2 is 1.50 bits per heavy atom. The number of benzene rings is 2. The van der Waals surface area contributed by atoms with Crippen LogP contribution in [-0.2, 0) is 0 Å². The summed E-state index contributed by atoms with van der Waals surface area (Å²) in [5.74, 6) is -2.51. The number of hydrogen-bond acceptors (Lipinski definition) is 4. The van der Waals surface area contributed by atoms with E-state index < -0.39 is 23.1 Å². The van der Waals surface area contributed by atoms with Gasteiger partial charge in [0.05, 0.1) is 21.4 Å². The maximum atomic E-state index is 12.6. The third kappa shape index (κ3) is 4.58. The average Bonchev–Trinajstić information content (AvgIpc) is 2.44. The predicted octanol–water partition coefficient (Wildman–Crippen LogP) is 3.95. The lowest BCUT2D eigenvalue weighted by Crippen LogP contribution is -1.89. The van der Waals surface area contributed by atoms with E-state index in [1.807, 2.05) is 0 Å². The standard InChI is InChI=1S/C8H5ClFNO.C6H5ClFNO/c1-2-11-7-4-8(12)6(10)3-5(7)9;7-3-1-4(8)6(10)2-5(3)9/h1,3-4,11-12H;1-2,10H,9H2. The van der Waals surface area contributed by atoms with Crippen LogP contribution in [0.2, 0.25) is 10.0 Å². The molecule has 0 bridgehead atoms. The van der Waals surface area contributed by atoms with E-state index in [2.05, 4.69) is 11.4 Å². The van der Waals surface area contributed by atoms with Crippen LogP contribution in [0.15, 0.2) is 24.3 Å². The van der Waals surface area contributed by atoms with Gasteiger partial charge in [0.15, 0.2) is 23.1 Å². The molecule has 0 saturated carbocycles. The van der Waals surface area contributed by atoms with Gasteiger partial charge in [0.2, 0.25) is 0 Å². The highest BCUT2D eigenvalue weighted by Gasteiger charge is 2.06. The minimum Gasteiger partial charge on any atom is -0.505 e. The van der Waals surface area contributed by atoms with Crippen molar-refractivity contribution in [2.24, 2.45) is 0 Å². The Balaban J connectivity index is 0.000000224. The summed E-state index contributed by atoms with van der Waals surface area (Å²) in [6, 6.07) is 6.24. The molecule has 0 aliphatic carbocycles. The van der Waals surface area contributed by atoms with Crippen LogP contribution in [0.3, 0.4) is 0 Å². The molecule has 5 N–H and O–H groups in total. The summed E-state index contributed by atoms with van der Waals surface area (Å²) < 4.78 is 25.0. The van der Waals surface area contributed by atoms with Crippen LogP contribution in [0, 0.1) is 24.1 Å². The fourth-order valence-corrected chi connectivity index (χ4v) is 1.61. The van der Waals surface area contributed by atoms with Crippen molar-refractivity contribution in [1.82, 2.24) is 0 Å². The van der Waals surface area contributed by atoms with E-state index in [1.54, 1.807) is 0 Å². The minimum absolute atomic E-state index is 0.107. The number of nitrogens with two attached hydrogens (primary N) is 1. The third-order valence-corrected chi connectivity index (χ3v) is 2.95. The topological polar surface area (TPSA) is 78.5 Å². The maximum Gasteiger partial charge on any atom is 0.166 e. The van der Waals surface area contributed by atoms with Gasteiger partial charge in [0.25, 0.3) is 0 Å². The monoisotopic (exact) mass is 346 g/mol. The van der Waals surface area contributed by atoms with E-state index in [0.717, 1.165) is 24.3 Å². The number of aromatic hydroxyl groups is 2. The Labute approximate surface area is 135 Å². The Bertz CT molecular complexity index is 684. The number of nitrogen functional groups attached to an aromatic ring is 1. The number of rotatable bonds is 1. The SMILES string of the molecule is C#CNc1cc(O)c(F)cc1Cl.Nc1cc(O)c(F)cc1Cl. The summed E-state index contributed by atoms with van der Waals surface area (Å²) in [6.07, 6.45) is 4.92. The van der Waals surface area contributed by atoms with E-state index in [4.69, 9.17) is 45.6 Å². The van der Waals surface area contributed by atoms with E-state index in [1.165, 1.54) is 0 Å². The largest absolute Gasteiger partial charge is 0.505 e. The lowest BCUT2D eigenvalue weighted by Gasteiger charge is -2.02. The zero-order valence-electron chi connectivity index (χ0n) is 10.9. The van der Waals surface area contributed by atoms with Gasteiger partial charge in [0, 0.05) is 18.2 Å². The van der Waals surface area contributed by atoms with Crippen LogP contribution in [0.5, 0.6) is 11.5 Å². The third-order valence-electron chi connectivity index (χ3n) is 2.31. The minimum atomic E-state index is -0.775. The average molecular weight is 347 g/mol. The molecule has 0 heterocycles. The first kappa shape index (κ1) is 17.7. The van der Waals surface area contributed by atoms with Crippen molar-refractivity contribution in [3.05, 3.63) is 45.9 Å². The van der Waals surface area contributed by atoms with Gasteiger partial charge < -0.3 is 21.3 Å². The lowest BCUT2D eigenvalue weighted by atomic mass is 10.3. The first-order valence-electron chi connectivity index (χ1n) is 5.59. The van der Waals surface area contributed by atoms with Crippen LogP contribution in [0.25, 0.3) is 0 Å². The fourth-order valence-electron chi connectivity index (χ4n) is 1.26. The van der Waals surface area contributed by atoms with Crippen LogP contribution < -0.4 is 11.1 Å². The molecule has 2 rings (SSSR count). The molecule has 0 unspecified atom stereocenters. The molecule has 0 saturated heterocycles. The molecular weight excluding hydrogens is 337 g/mol. The van der Waals surface area contributed by atoms with Crippen molar-refractivity contribution in [1.29, 1.82) is 0 Å². The Morgan fingerprint density at radius 3 is 2.00 bits per heavy atom. The molecular formula is C14H10Cl2F2N2O2. The van der Waals surface area contributed by atoms with E-state index in [-0.39, 0.29) is 15.7 Å².